The molecule has 0 heterocycles. The Hall–Kier alpha value is -2.34. The van der Waals surface area contributed by atoms with Crippen molar-refractivity contribution in [3.05, 3.63) is 65.5 Å². The molecule has 0 aliphatic heterocycles. The van der Waals surface area contributed by atoms with Crippen molar-refractivity contribution < 1.29 is 9.13 Å². The van der Waals surface area contributed by atoms with Gasteiger partial charge in [0.15, 0.2) is 0 Å². The molecule has 0 amide bonds. The molecule has 2 aromatic carbocycles. The van der Waals surface area contributed by atoms with Crippen molar-refractivity contribution >= 4 is 0 Å². The number of methoxy groups -OCH3 is 1. The number of nitriles is 1. The van der Waals surface area contributed by atoms with Crippen molar-refractivity contribution in [3.63, 3.8) is 0 Å². The molecule has 96 valence electrons. The fraction of sp³-hybridized carbons (Fsp3) is 0.188. The zero-order valence-electron chi connectivity index (χ0n) is 10.6. The van der Waals surface area contributed by atoms with E-state index < -0.39 is 5.92 Å². The molecule has 2 nitrogen and oxygen atoms in total. The molecule has 0 bridgehead atoms. The number of para-hydroxylation sites is 1. The van der Waals surface area contributed by atoms with Crippen LogP contribution in [0.2, 0.25) is 0 Å². The highest BCUT2D eigenvalue weighted by Crippen LogP contribution is 2.29. The zero-order chi connectivity index (χ0) is 13.7. The number of rotatable bonds is 4. The van der Waals surface area contributed by atoms with Crippen LogP contribution in [-0.4, -0.2) is 7.11 Å². The highest BCUT2D eigenvalue weighted by Gasteiger charge is 2.17. The number of nitrogens with zero attached hydrogens (tertiary/aromatic N) is 1. The lowest BCUT2D eigenvalue weighted by Crippen LogP contribution is -2.04. The molecule has 0 saturated heterocycles. The van der Waals surface area contributed by atoms with E-state index in [1.54, 1.807) is 31.4 Å². The second kappa shape index (κ2) is 6.01. The Bertz CT molecular complexity index is 604. The van der Waals surface area contributed by atoms with E-state index >= 15 is 0 Å². The van der Waals surface area contributed by atoms with Gasteiger partial charge in [-0.25, -0.2) is 4.39 Å². The first kappa shape index (κ1) is 13.1. The lowest BCUT2D eigenvalue weighted by Gasteiger charge is -2.13. The Balaban J connectivity index is 2.31. The van der Waals surface area contributed by atoms with E-state index in [0.29, 0.717) is 17.7 Å². The third-order valence-corrected chi connectivity index (χ3v) is 3.05. The van der Waals surface area contributed by atoms with Crippen molar-refractivity contribution in [1.29, 1.82) is 5.26 Å². The minimum Gasteiger partial charge on any atom is -0.496 e. The second-order valence-electron chi connectivity index (χ2n) is 4.22. The molecule has 3 heteroatoms. The van der Waals surface area contributed by atoms with E-state index in [2.05, 4.69) is 6.07 Å². The van der Waals surface area contributed by atoms with Gasteiger partial charge in [0.25, 0.3) is 0 Å². The number of hydrogen-bond donors (Lipinski definition) is 0. The summed E-state index contributed by atoms with van der Waals surface area (Å²) in [7, 11) is 1.57. The van der Waals surface area contributed by atoms with Crippen molar-refractivity contribution in [2.24, 2.45) is 0 Å². The van der Waals surface area contributed by atoms with Crippen molar-refractivity contribution in [2.45, 2.75) is 12.3 Å². The molecule has 1 atom stereocenters. The maximum absolute atomic E-state index is 13.6. The molecule has 2 aromatic rings. The zero-order valence-corrected chi connectivity index (χ0v) is 10.6. The van der Waals surface area contributed by atoms with Crippen molar-refractivity contribution in [1.82, 2.24) is 0 Å². The van der Waals surface area contributed by atoms with E-state index in [9.17, 15) is 9.65 Å². The lowest BCUT2D eigenvalue weighted by atomic mass is 9.92. The number of hydrogen-bond acceptors (Lipinski definition) is 2. The SMILES string of the molecule is COc1ccccc1C(C#N)Cc1ccccc1F. The molecule has 0 saturated carbocycles. The van der Waals surface area contributed by atoms with Gasteiger partial charge < -0.3 is 4.74 Å². The molecular formula is C16H14FNO. The third kappa shape index (κ3) is 2.92. The monoisotopic (exact) mass is 255 g/mol. The largest absolute Gasteiger partial charge is 0.496 e. The first-order valence-corrected chi connectivity index (χ1v) is 6.02. The summed E-state index contributed by atoms with van der Waals surface area (Å²) in [4.78, 5) is 0. The van der Waals surface area contributed by atoms with Crippen LogP contribution in [0, 0.1) is 17.1 Å². The molecule has 0 aliphatic carbocycles. The summed E-state index contributed by atoms with van der Waals surface area (Å²) in [6.07, 6.45) is 0.337. The first-order chi connectivity index (χ1) is 9.26. The maximum Gasteiger partial charge on any atom is 0.126 e. The predicted molar refractivity (Wildman–Crippen MR) is 71.5 cm³/mol. The molecule has 0 N–H and O–H groups in total. The van der Waals surface area contributed by atoms with Crippen LogP contribution in [0.4, 0.5) is 4.39 Å². The number of benzene rings is 2. The molecule has 0 aliphatic rings. The quantitative estimate of drug-likeness (QED) is 0.834. The van der Waals surface area contributed by atoms with Gasteiger partial charge >= 0.3 is 0 Å². The van der Waals surface area contributed by atoms with Crippen LogP contribution in [0.1, 0.15) is 17.0 Å². The average molecular weight is 255 g/mol. The van der Waals surface area contributed by atoms with Crippen LogP contribution in [0.25, 0.3) is 0 Å². The summed E-state index contributed by atoms with van der Waals surface area (Å²) in [5.41, 5.74) is 1.33. The molecule has 0 radical (unpaired) electrons. The van der Waals surface area contributed by atoms with E-state index in [0.717, 1.165) is 5.56 Å². The Morgan fingerprint density at radius 1 is 1.16 bits per heavy atom. The van der Waals surface area contributed by atoms with Crippen molar-refractivity contribution in [2.75, 3.05) is 7.11 Å². The van der Waals surface area contributed by atoms with Crippen LogP contribution >= 0.6 is 0 Å². The van der Waals surface area contributed by atoms with E-state index in [-0.39, 0.29) is 5.82 Å². The molecular weight excluding hydrogens is 241 g/mol. The Kier molecular flexibility index (Phi) is 4.15. The van der Waals surface area contributed by atoms with Crippen LogP contribution in [0.5, 0.6) is 5.75 Å². The van der Waals surface area contributed by atoms with Gasteiger partial charge in [-0.05, 0) is 24.1 Å². The van der Waals surface area contributed by atoms with Gasteiger partial charge in [-0.1, -0.05) is 36.4 Å². The van der Waals surface area contributed by atoms with Gasteiger partial charge in [0.05, 0.1) is 19.1 Å². The normalized spacial score (nSPS) is 11.6. The fourth-order valence-corrected chi connectivity index (χ4v) is 2.06. The van der Waals surface area contributed by atoms with Gasteiger partial charge in [-0.3, -0.25) is 0 Å². The van der Waals surface area contributed by atoms with Gasteiger partial charge in [0, 0.05) is 5.56 Å². The maximum atomic E-state index is 13.6. The first-order valence-electron chi connectivity index (χ1n) is 6.02. The summed E-state index contributed by atoms with van der Waals surface area (Å²) < 4.78 is 18.9. The number of halogens is 1. The van der Waals surface area contributed by atoms with E-state index in [1.165, 1.54) is 6.07 Å². The average Bonchev–Trinajstić information content (AvgIpc) is 2.46. The van der Waals surface area contributed by atoms with Crippen LogP contribution in [0.15, 0.2) is 48.5 Å². The standard InChI is InChI=1S/C16H14FNO/c1-19-16-9-5-3-7-14(16)13(11-18)10-12-6-2-4-8-15(12)17/h2-9,13H,10H2,1H3. The summed E-state index contributed by atoms with van der Waals surface area (Å²) >= 11 is 0. The minimum atomic E-state index is -0.423. The Labute approximate surface area is 112 Å². The summed E-state index contributed by atoms with van der Waals surface area (Å²) in [6.45, 7) is 0. The lowest BCUT2D eigenvalue weighted by molar-refractivity contribution is 0.408. The summed E-state index contributed by atoms with van der Waals surface area (Å²) in [6, 6.07) is 16.1. The topological polar surface area (TPSA) is 33.0 Å². The molecule has 19 heavy (non-hydrogen) atoms. The van der Waals surface area contributed by atoms with Gasteiger partial charge in [0.1, 0.15) is 11.6 Å². The van der Waals surface area contributed by atoms with Crippen LogP contribution in [-0.2, 0) is 6.42 Å². The van der Waals surface area contributed by atoms with Crippen molar-refractivity contribution in [3.8, 4) is 11.8 Å². The van der Waals surface area contributed by atoms with E-state index in [4.69, 9.17) is 4.74 Å². The predicted octanol–water partition coefficient (Wildman–Crippen LogP) is 3.68. The van der Waals surface area contributed by atoms with Gasteiger partial charge in [0.2, 0.25) is 0 Å². The highest BCUT2D eigenvalue weighted by molar-refractivity contribution is 5.40. The van der Waals surface area contributed by atoms with Crippen LogP contribution < -0.4 is 4.74 Å². The van der Waals surface area contributed by atoms with E-state index in [1.807, 2.05) is 18.2 Å². The highest BCUT2D eigenvalue weighted by atomic mass is 19.1. The smallest absolute Gasteiger partial charge is 0.126 e. The van der Waals surface area contributed by atoms with Crippen LogP contribution in [0.3, 0.4) is 0 Å². The molecule has 1 unspecified atom stereocenters. The van der Waals surface area contributed by atoms with Gasteiger partial charge in [-0.15, -0.1) is 0 Å². The number of ether oxygens (including phenoxy) is 1. The fourth-order valence-electron chi connectivity index (χ4n) is 2.06. The third-order valence-electron chi connectivity index (χ3n) is 3.05. The molecule has 2 rings (SSSR count). The Morgan fingerprint density at radius 2 is 1.84 bits per heavy atom. The molecule has 0 spiro atoms. The summed E-state index contributed by atoms with van der Waals surface area (Å²) in [5.74, 6) is -0.0453. The molecule has 0 fully saturated rings. The van der Waals surface area contributed by atoms with Gasteiger partial charge in [-0.2, -0.15) is 5.26 Å². The second-order valence-corrected chi connectivity index (χ2v) is 4.22. The Morgan fingerprint density at radius 3 is 2.53 bits per heavy atom. The summed E-state index contributed by atoms with van der Waals surface area (Å²) in [5, 5.41) is 9.32. The molecule has 0 aromatic heterocycles. The minimum absolute atomic E-state index is 0.280.